The zero-order valence-corrected chi connectivity index (χ0v) is 15.7. The zero-order valence-electron chi connectivity index (χ0n) is 15.7. The molecule has 1 fully saturated rings. The molecule has 2 aromatic rings. The summed E-state index contributed by atoms with van der Waals surface area (Å²) < 4.78 is 19.5. The van der Waals surface area contributed by atoms with Gasteiger partial charge in [-0.3, -0.25) is 0 Å². The first kappa shape index (κ1) is 17.4. The summed E-state index contributed by atoms with van der Waals surface area (Å²) in [5.41, 5.74) is 3.55. The summed E-state index contributed by atoms with van der Waals surface area (Å²) in [6.45, 7) is 3.65. The molecule has 26 heavy (non-hydrogen) atoms. The van der Waals surface area contributed by atoms with Crippen molar-refractivity contribution in [3.8, 4) is 11.5 Å². The lowest BCUT2D eigenvalue weighted by Crippen LogP contribution is -2.36. The van der Waals surface area contributed by atoms with E-state index in [1.54, 1.807) is 7.11 Å². The summed E-state index contributed by atoms with van der Waals surface area (Å²) in [7, 11) is 3.73. The van der Waals surface area contributed by atoms with E-state index in [0.29, 0.717) is 6.04 Å². The minimum absolute atomic E-state index is 0.0982. The van der Waals surface area contributed by atoms with E-state index in [9.17, 15) is 0 Å². The van der Waals surface area contributed by atoms with E-state index in [2.05, 4.69) is 29.4 Å². The van der Waals surface area contributed by atoms with Crippen LogP contribution in [-0.2, 0) is 24.8 Å². The molecule has 140 valence electrons. The van der Waals surface area contributed by atoms with Crippen LogP contribution in [0.3, 0.4) is 0 Å². The Morgan fingerprint density at radius 3 is 3.04 bits per heavy atom. The molecule has 1 aromatic carbocycles. The van der Waals surface area contributed by atoms with Crippen LogP contribution in [0.5, 0.6) is 11.5 Å². The Morgan fingerprint density at radius 1 is 1.38 bits per heavy atom. The molecule has 0 radical (unpaired) electrons. The number of nitrogens with one attached hydrogen (secondary N) is 1. The number of ether oxygens (including phenoxy) is 3. The fourth-order valence-corrected chi connectivity index (χ4v) is 3.95. The number of benzene rings is 1. The van der Waals surface area contributed by atoms with Gasteiger partial charge in [0.2, 0.25) is 0 Å². The van der Waals surface area contributed by atoms with Crippen LogP contribution < -0.4 is 14.8 Å². The van der Waals surface area contributed by atoms with Gasteiger partial charge in [-0.05, 0) is 31.9 Å². The summed E-state index contributed by atoms with van der Waals surface area (Å²) in [4.78, 5) is 4.21. The molecule has 6 heteroatoms. The van der Waals surface area contributed by atoms with Crippen molar-refractivity contribution in [2.45, 2.75) is 51.0 Å². The largest absolute Gasteiger partial charge is 0.497 e. The first-order chi connectivity index (χ1) is 12.6. The second kappa shape index (κ2) is 7.29. The highest BCUT2D eigenvalue weighted by molar-refractivity contribution is 5.49. The number of fused-ring (bicyclic) bond motifs is 1. The van der Waals surface area contributed by atoms with Crippen molar-refractivity contribution in [1.29, 1.82) is 0 Å². The van der Waals surface area contributed by atoms with Gasteiger partial charge < -0.3 is 24.1 Å². The highest BCUT2D eigenvalue weighted by Crippen LogP contribution is 2.36. The van der Waals surface area contributed by atoms with Gasteiger partial charge in [-0.1, -0.05) is 0 Å². The number of methoxy groups -OCH3 is 1. The molecule has 1 aromatic heterocycles. The number of aromatic nitrogens is 2. The second-order valence-electron chi connectivity index (χ2n) is 7.30. The lowest BCUT2D eigenvalue weighted by molar-refractivity contribution is -0.00407. The Kier molecular flexibility index (Phi) is 4.87. The molecule has 4 rings (SSSR count). The van der Waals surface area contributed by atoms with Crippen molar-refractivity contribution in [1.82, 2.24) is 14.9 Å². The molecule has 3 atom stereocenters. The maximum atomic E-state index is 6.04. The first-order valence-corrected chi connectivity index (χ1v) is 9.31. The number of nitrogens with zero attached hydrogens (tertiary/aromatic N) is 2. The third-order valence-electron chi connectivity index (χ3n) is 5.33. The van der Waals surface area contributed by atoms with Crippen LogP contribution in [0, 0.1) is 0 Å². The van der Waals surface area contributed by atoms with Crippen LogP contribution in [0.25, 0.3) is 0 Å². The van der Waals surface area contributed by atoms with Crippen LogP contribution in [0.4, 0.5) is 0 Å². The molecule has 0 saturated carbocycles. The monoisotopic (exact) mass is 357 g/mol. The minimum atomic E-state index is 0.0982. The molecular formula is C20H27N3O3. The van der Waals surface area contributed by atoms with E-state index < -0.39 is 0 Å². The number of hydrogen-bond donors (Lipinski definition) is 1. The molecule has 0 unspecified atom stereocenters. The summed E-state index contributed by atoms with van der Waals surface area (Å²) in [6, 6.07) is 4.58. The van der Waals surface area contributed by atoms with Crippen LogP contribution in [0.2, 0.25) is 0 Å². The van der Waals surface area contributed by atoms with E-state index in [1.807, 2.05) is 24.1 Å². The predicted molar refractivity (Wildman–Crippen MR) is 98.6 cm³/mol. The molecule has 0 spiro atoms. The van der Waals surface area contributed by atoms with Crippen molar-refractivity contribution >= 4 is 0 Å². The molecule has 0 aliphatic carbocycles. The van der Waals surface area contributed by atoms with E-state index in [-0.39, 0.29) is 12.2 Å². The smallest absolute Gasteiger partial charge is 0.127 e. The summed E-state index contributed by atoms with van der Waals surface area (Å²) in [6.07, 6.45) is 6.96. The lowest BCUT2D eigenvalue weighted by atomic mass is 10.00. The molecule has 6 nitrogen and oxygen atoms in total. The van der Waals surface area contributed by atoms with Crippen molar-refractivity contribution in [3.63, 3.8) is 0 Å². The van der Waals surface area contributed by atoms with Crippen LogP contribution in [0.1, 0.15) is 42.7 Å². The third kappa shape index (κ3) is 3.44. The Hall–Kier alpha value is -2.05. The van der Waals surface area contributed by atoms with Gasteiger partial charge in [-0.2, -0.15) is 0 Å². The molecule has 0 amide bonds. The van der Waals surface area contributed by atoms with Gasteiger partial charge in [-0.25, -0.2) is 4.98 Å². The summed E-state index contributed by atoms with van der Waals surface area (Å²) in [5, 5.41) is 3.70. The van der Waals surface area contributed by atoms with E-state index in [1.165, 1.54) is 11.1 Å². The average Bonchev–Trinajstić information content (AvgIpc) is 3.24. The number of rotatable bonds is 5. The van der Waals surface area contributed by atoms with Gasteiger partial charge in [-0.15, -0.1) is 0 Å². The highest BCUT2D eigenvalue weighted by atomic mass is 16.5. The van der Waals surface area contributed by atoms with Crippen molar-refractivity contribution < 1.29 is 14.2 Å². The SMILES string of the molecule is COc1cc(CN[C@@H]2CCO[C@@H](c3cncn3C)C2)c2c(c1)C[C@@H](C)O2. The molecule has 1 saturated heterocycles. The maximum absolute atomic E-state index is 6.04. The topological polar surface area (TPSA) is 57.5 Å². The normalized spacial score (nSPS) is 25.0. The quantitative estimate of drug-likeness (QED) is 0.892. The second-order valence-corrected chi connectivity index (χ2v) is 7.30. The Morgan fingerprint density at radius 2 is 2.27 bits per heavy atom. The van der Waals surface area contributed by atoms with Crippen molar-refractivity contribution in [3.05, 3.63) is 41.5 Å². The van der Waals surface area contributed by atoms with E-state index in [0.717, 1.165) is 49.6 Å². The van der Waals surface area contributed by atoms with Crippen LogP contribution in [0.15, 0.2) is 24.7 Å². The van der Waals surface area contributed by atoms with Gasteiger partial charge in [0.15, 0.2) is 0 Å². The minimum Gasteiger partial charge on any atom is -0.497 e. The van der Waals surface area contributed by atoms with E-state index in [4.69, 9.17) is 14.2 Å². The van der Waals surface area contributed by atoms with Crippen molar-refractivity contribution in [2.75, 3.05) is 13.7 Å². The molecule has 0 bridgehead atoms. The van der Waals surface area contributed by atoms with Gasteiger partial charge in [0.05, 0.1) is 25.3 Å². The van der Waals surface area contributed by atoms with Crippen LogP contribution >= 0.6 is 0 Å². The average molecular weight is 357 g/mol. The molecule has 1 N–H and O–H groups in total. The molecule has 2 aliphatic heterocycles. The van der Waals surface area contributed by atoms with Gasteiger partial charge in [0, 0.05) is 43.8 Å². The summed E-state index contributed by atoms with van der Waals surface area (Å²) >= 11 is 0. The van der Waals surface area contributed by atoms with Gasteiger partial charge >= 0.3 is 0 Å². The number of aryl methyl sites for hydroxylation is 1. The standard InChI is InChI=1S/C20H27N3O3/c1-13-6-14-7-17(24-3)8-15(20(14)26-13)10-22-16-4-5-25-19(9-16)18-11-21-12-23(18)2/h7-8,11-13,16,19,22H,4-6,9-10H2,1-3H3/t13-,16-,19-/m1/s1. The molecule has 2 aliphatic rings. The first-order valence-electron chi connectivity index (χ1n) is 9.31. The summed E-state index contributed by atoms with van der Waals surface area (Å²) in [5.74, 6) is 1.93. The Labute approximate surface area is 154 Å². The Bertz CT molecular complexity index is 774. The number of hydrogen-bond acceptors (Lipinski definition) is 5. The maximum Gasteiger partial charge on any atom is 0.127 e. The van der Waals surface area contributed by atoms with E-state index >= 15 is 0 Å². The highest BCUT2D eigenvalue weighted by Gasteiger charge is 2.27. The fraction of sp³-hybridized carbons (Fsp3) is 0.550. The third-order valence-corrected chi connectivity index (χ3v) is 5.33. The lowest BCUT2D eigenvalue weighted by Gasteiger charge is -2.30. The number of imidazole rings is 1. The molecular weight excluding hydrogens is 330 g/mol. The Balaban J connectivity index is 1.44. The predicted octanol–water partition coefficient (Wildman–Crippen LogP) is 2.76. The van der Waals surface area contributed by atoms with Crippen LogP contribution in [-0.4, -0.2) is 35.4 Å². The molecule has 3 heterocycles. The fourth-order valence-electron chi connectivity index (χ4n) is 3.95. The van der Waals surface area contributed by atoms with Gasteiger partial charge in [0.1, 0.15) is 23.7 Å². The van der Waals surface area contributed by atoms with Crippen molar-refractivity contribution in [2.24, 2.45) is 7.05 Å². The zero-order chi connectivity index (χ0) is 18.1. The van der Waals surface area contributed by atoms with Gasteiger partial charge in [0.25, 0.3) is 0 Å².